The Morgan fingerprint density at radius 2 is 2.24 bits per heavy atom. The molecule has 1 N–H and O–H groups in total. The molecule has 1 fully saturated rings. The lowest BCUT2D eigenvalue weighted by Crippen LogP contribution is -2.35. The minimum Gasteiger partial charge on any atom is -0.460 e. The Kier molecular flexibility index (Phi) is 5.40. The van der Waals surface area contributed by atoms with E-state index >= 15 is 0 Å². The lowest BCUT2D eigenvalue weighted by atomic mass is 10.1. The first-order valence-electron chi connectivity index (χ1n) is 6.43. The molecule has 0 aromatic heterocycles. The van der Waals surface area contributed by atoms with Gasteiger partial charge in [-0.1, -0.05) is 6.92 Å². The van der Waals surface area contributed by atoms with E-state index in [9.17, 15) is 4.79 Å². The molecule has 1 heterocycles. The van der Waals surface area contributed by atoms with Crippen LogP contribution in [0, 0.1) is 5.92 Å². The SMILES string of the molecule is C[C@@H](CNC[C@@H]1CCCO1)C(=O)OC(C)(C)C. The molecule has 0 amide bonds. The van der Waals surface area contributed by atoms with E-state index in [1.54, 1.807) is 0 Å². The molecule has 0 radical (unpaired) electrons. The molecule has 2 atom stereocenters. The third-order valence-electron chi connectivity index (χ3n) is 2.66. The topological polar surface area (TPSA) is 47.6 Å². The van der Waals surface area contributed by atoms with Gasteiger partial charge in [0.2, 0.25) is 0 Å². The molecule has 4 nitrogen and oxygen atoms in total. The smallest absolute Gasteiger partial charge is 0.310 e. The van der Waals surface area contributed by atoms with Crippen molar-refractivity contribution in [2.75, 3.05) is 19.7 Å². The van der Waals surface area contributed by atoms with E-state index in [1.165, 1.54) is 0 Å². The van der Waals surface area contributed by atoms with E-state index in [0.717, 1.165) is 26.0 Å². The maximum atomic E-state index is 11.7. The Morgan fingerprint density at radius 1 is 1.53 bits per heavy atom. The van der Waals surface area contributed by atoms with Crippen molar-refractivity contribution in [3.05, 3.63) is 0 Å². The number of carbonyl (C=O) groups is 1. The Bertz CT molecular complexity index is 242. The van der Waals surface area contributed by atoms with Crippen LogP contribution in [0.25, 0.3) is 0 Å². The van der Waals surface area contributed by atoms with Crippen LogP contribution in [0.15, 0.2) is 0 Å². The summed E-state index contributed by atoms with van der Waals surface area (Å²) in [6.45, 7) is 9.89. The molecule has 17 heavy (non-hydrogen) atoms. The Balaban J connectivity index is 2.15. The molecule has 4 heteroatoms. The van der Waals surface area contributed by atoms with Gasteiger partial charge in [0.1, 0.15) is 5.60 Å². The van der Waals surface area contributed by atoms with E-state index in [-0.39, 0.29) is 11.9 Å². The van der Waals surface area contributed by atoms with Gasteiger partial charge in [-0.3, -0.25) is 4.79 Å². The second-order valence-electron chi connectivity index (χ2n) is 5.73. The van der Waals surface area contributed by atoms with Crippen LogP contribution in [0.1, 0.15) is 40.5 Å². The van der Waals surface area contributed by atoms with Crippen molar-refractivity contribution in [2.24, 2.45) is 5.92 Å². The van der Waals surface area contributed by atoms with Crippen LogP contribution in [0.4, 0.5) is 0 Å². The molecule has 1 rings (SSSR count). The summed E-state index contributed by atoms with van der Waals surface area (Å²) in [4.78, 5) is 11.7. The predicted molar refractivity (Wildman–Crippen MR) is 66.9 cm³/mol. The van der Waals surface area contributed by atoms with Gasteiger partial charge in [0.05, 0.1) is 12.0 Å². The molecular weight excluding hydrogens is 218 g/mol. The van der Waals surface area contributed by atoms with Gasteiger partial charge in [-0.15, -0.1) is 0 Å². The highest BCUT2D eigenvalue weighted by atomic mass is 16.6. The summed E-state index contributed by atoms with van der Waals surface area (Å²) >= 11 is 0. The second kappa shape index (κ2) is 6.36. The van der Waals surface area contributed by atoms with Crippen molar-refractivity contribution in [1.29, 1.82) is 0 Å². The van der Waals surface area contributed by atoms with Crippen molar-refractivity contribution >= 4 is 5.97 Å². The molecule has 0 aromatic carbocycles. The zero-order valence-corrected chi connectivity index (χ0v) is 11.4. The van der Waals surface area contributed by atoms with Crippen LogP contribution in [-0.4, -0.2) is 37.4 Å². The van der Waals surface area contributed by atoms with Crippen molar-refractivity contribution in [3.8, 4) is 0 Å². The number of hydrogen-bond donors (Lipinski definition) is 1. The number of hydrogen-bond acceptors (Lipinski definition) is 4. The highest BCUT2D eigenvalue weighted by molar-refractivity contribution is 5.72. The Hall–Kier alpha value is -0.610. The minimum absolute atomic E-state index is 0.115. The van der Waals surface area contributed by atoms with Gasteiger partial charge < -0.3 is 14.8 Å². The summed E-state index contributed by atoms with van der Waals surface area (Å²) in [6.07, 6.45) is 2.59. The van der Waals surface area contributed by atoms with Gasteiger partial charge in [-0.05, 0) is 33.6 Å². The van der Waals surface area contributed by atoms with Crippen molar-refractivity contribution < 1.29 is 14.3 Å². The molecule has 0 unspecified atom stereocenters. The maximum Gasteiger partial charge on any atom is 0.310 e. The highest BCUT2D eigenvalue weighted by Crippen LogP contribution is 2.12. The van der Waals surface area contributed by atoms with E-state index in [2.05, 4.69) is 5.32 Å². The van der Waals surface area contributed by atoms with E-state index < -0.39 is 5.60 Å². The summed E-state index contributed by atoms with van der Waals surface area (Å²) in [5.74, 6) is -0.257. The van der Waals surface area contributed by atoms with Gasteiger partial charge >= 0.3 is 5.97 Å². The molecule has 0 saturated carbocycles. The normalized spacial score (nSPS) is 22.5. The summed E-state index contributed by atoms with van der Waals surface area (Å²) in [5, 5.41) is 3.27. The van der Waals surface area contributed by atoms with Crippen LogP contribution in [0.2, 0.25) is 0 Å². The fourth-order valence-corrected chi connectivity index (χ4v) is 1.75. The zero-order valence-electron chi connectivity index (χ0n) is 11.4. The summed E-state index contributed by atoms with van der Waals surface area (Å²) in [5.41, 5.74) is -0.403. The van der Waals surface area contributed by atoms with Gasteiger partial charge in [0.25, 0.3) is 0 Å². The number of rotatable bonds is 5. The first-order valence-corrected chi connectivity index (χ1v) is 6.43. The molecule has 0 bridgehead atoms. The molecule has 0 aliphatic carbocycles. The molecule has 0 spiro atoms. The number of carbonyl (C=O) groups excluding carboxylic acids is 1. The Labute approximate surface area is 104 Å². The lowest BCUT2D eigenvalue weighted by Gasteiger charge is -2.22. The van der Waals surface area contributed by atoms with Crippen LogP contribution < -0.4 is 5.32 Å². The predicted octanol–water partition coefficient (Wildman–Crippen LogP) is 1.73. The fraction of sp³-hybridized carbons (Fsp3) is 0.923. The summed E-state index contributed by atoms with van der Waals surface area (Å²) in [7, 11) is 0. The van der Waals surface area contributed by atoms with Crippen LogP contribution in [0.3, 0.4) is 0 Å². The quantitative estimate of drug-likeness (QED) is 0.747. The molecule has 1 aliphatic heterocycles. The monoisotopic (exact) mass is 243 g/mol. The number of ether oxygens (including phenoxy) is 2. The second-order valence-corrected chi connectivity index (χ2v) is 5.73. The number of esters is 1. The molecular formula is C13H25NO3. The minimum atomic E-state index is -0.403. The van der Waals surface area contributed by atoms with Crippen molar-refractivity contribution in [1.82, 2.24) is 5.32 Å². The molecule has 100 valence electrons. The van der Waals surface area contributed by atoms with Crippen LogP contribution in [0.5, 0.6) is 0 Å². The first-order chi connectivity index (χ1) is 7.88. The maximum absolute atomic E-state index is 11.7. The van der Waals surface area contributed by atoms with Gasteiger partial charge in [0.15, 0.2) is 0 Å². The van der Waals surface area contributed by atoms with Crippen molar-refractivity contribution in [3.63, 3.8) is 0 Å². The molecule has 1 saturated heterocycles. The largest absolute Gasteiger partial charge is 0.460 e. The average molecular weight is 243 g/mol. The average Bonchev–Trinajstić information content (AvgIpc) is 2.67. The standard InChI is InChI=1S/C13H25NO3/c1-10(12(15)17-13(2,3)4)8-14-9-11-6-5-7-16-11/h10-11,14H,5-9H2,1-4H3/t10-,11-/m0/s1. The third kappa shape index (κ3) is 6.03. The van der Waals surface area contributed by atoms with E-state index in [1.807, 2.05) is 27.7 Å². The summed E-state index contributed by atoms with van der Waals surface area (Å²) in [6, 6.07) is 0. The Morgan fingerprint density at radius 3 is 2.76 bits per heavy atom. The van der Waals surface area contributed by atoms with Gasteiger partial charge in [-0.2, -0.15) is 0 Å². The lowest BCUT2D eigenvalue weighted by molar-refractivity contribution is -0.159. The van der Waals surface area contributed by atoms with Gasteiger partial charge in [-0.25, -0.2) is 0 Å². The van der Waals surface area contributed by atoms with Crippen LogP contribution >= 0.6 is 0 Å². The van der Waals surface area contributed by atoms with Crippen LogP contribution in [-0.2, 0) is 14.3 Å². The first kappa shape index (κ1) is 14.5. The van der Waals surface area contributed by atoms with Crippen molar-refractivity contribution in [2.45, 2.75) is 52.2 Å². The van der Waals surface area contributed by atoms with E-state index in [4.69, 9.17) is 9.47 Å². The molecule has 0 aromatic rings. The van der Waals surface area contributed by atoms with Gasteiger partial charge in [0, 0.05) is 19.7 Å². The number of nitrogens with one attached hydrogen (secondary N) is 1. The molecule has 1 aliphatic rings. The summed E-state index contributed by atoms with van der Waals surface area (Å²) < 4.78 is 10.8. The third-order valence-corrected chi connectivity index (χ3v) is 2.66. The zero-order chi connectivity index (χ0) is 12.9. The highest BCUT2D eigenvalue weighted by Gasteiger charge is 2.22. The fourth-order valence-electron chi connectivity index (χ4n) is 1.75. The van der Waals surface area contributed by atoms with E-state index in [0.29, 0.717) is 12.6 Å².